The Morgan fingerprint density at radius 1 is 0.911 bits per heavy atom. The van der Waals surface area contributed by atoms with Gasteiger partial charge in [0.2, 0.25) is 0 Å². The maximum atomic E-state index is 12.6. The Kier molecular flexibility index (Phi) is 11.0. The average molecular weight is 617 g/mol. The molecular weight excluding hydrogens is 580 g/mol. The fraction of sp³-hybridized carbons (Fsp3) is 0.273. The summed E-state index contributed by atoms with van der Waals surface area (Å²) in [5.74, 6) is 0.638. The highest BCUT2D eigenvalue weighted by atomic mass is 16.5. The van der Waals surface area contributed by atoms with Gasteiger partial charge in [0.15, 0.2) is 29.6 Å². The standard InChI is InChI=1S/C33H36N4O8/c1-6-43-32(39)30-21(3)35-33(40)36-31(30)24-12-14-26(28(16-24)42-5)45-19-29(38)37-34-17-23-11-13-25(27(15-23)41-4)44-18-22-9-7-20(2)8-10-22/h7-17,31H,6,18-19H2,1-5H3,(H,37,38)(H2,35,36,40)/b34-17-/t31-/m1/s1. The van der Waals surface area contributed by atoms with Gasteiger partial charge in [-0.15, -0.1) is 0 Å². The number of hydrogen-bond acceptors (Lipinski definition) is 9. The lowest BCUT2D eigenvalue weighted by molar-refractivity contribution is -0.139. The average Bonchev–Trinajstić information content (AvgIpc) is 3.03. The van der Waals surface area contributed by atoms with Crippen molar-refractivity contribution in [3.8, 4) is 23.0 Å². The first-order valence-corrected chi connectivity index (χ1v) is 14.2. The third-order valence-electron chi connectivity index (χ3n) is 6.75. The van der Waals surface area contributed by atoms with E-state index in [0.29, 0.717) is 40.7 Å². The Balaban J connectivity index is 1.35. The molecule has 0 saturated carbocycles. The van der Waals surface area contributed by atoms with Gasteiger partial charge in [0, 0.05) is 5.70 Å². The number of aryl methyl sites for hydroxylation is 1. The maximum Gasteiger partial charge on any atom is 0.338 e. The summed E-state index contributed by atoms with van der Waals surface area (Å²) in [5, 5.41) is 9.33. The molecule has 0 unspecified atom stereocenters. The van der Waals surface area contributed by atoms with Crippen LogP contribution in [-0.4, -0.2) is 51.6 Å². The molecule has 1 heterocycles. The number of amides is 3. The molecule has 0 saturated heterocycles. The largest absolute Gasteiger partial charge is 0.493 e. The number of ether oxygens (including phenoxy) is 5. The molecule has 4 rings (SSSR count). The number of nitrogens with one attached hydrogen (secondary N) is 3. The van der Waals surface area contributed by atoms with Gasteiger partial charge in [-0.05, 0) is 67.8 Å². The summed E-state index contributed by atoms with van der Waals surface area (Å²) < 4.78 is 27.7. The van der Waals surface area contributed by atoms with Crippen LogP contribution in [-0.2, 0) is 20.9 Å². The minimum absolute atomic E-state index is 0.183. The molecule has 0 radical (unpaired) electrons. The number of rotatable bonds is 13. The summed E-state index contributed by atoms with van der Waals surface area (Å²) in [6.07, 6.45) is 1.48. The predicted molar refractivity (Wildman–Crippen MR) is 166 cm³/mol. The molecule has 0 aliphatic carbocycles. The number of methoxy groups -OCH3 is 2. The van der Waals surface area contributed by atoms with E-state index < -0.39 is 23.9 Å². The van der Waals surface area contributed by atoms with E-state index in [1.165, 1.54) is 18.9 Å². The number of urea groups is 1. The third-order valence-corrected chi connectivity index (χ3v) is 6.75. The van der Waals surface area contributed by atoms with Gasteiger partial charge < -0.3 is 34.3 Å². The zero-order valence-corrected chi connectivity index (χ0v) is 25.8. The van der Waals surface area contributed by atoms with Crippen molar-refractivity contribution in [2.45, 2.75) is 33.4 Å². The zero-order chi connectivity index (χ0) is 32.3. The number of hydrogen-bond donors (Lipinski definition) is 3. The summed E-state index contributed by atoms with van der Waals surface area (Å²) in [6.45, 7) is 5.59. The van der Waals surface area contributed by atoms with E-state index in [1.54, 1.807) is 57.4 Å². The Labute approximate surface area is 261 Å². The lowest BCUT2D eigenvalue weighted by atomic mass is 9.95. The third kappa shape index (κ3) is 8.53. The molecule has 3 aromatic carbocycles. The van der Waals surface area contributed by atoms with Gasteiger partial charge in [0.05, 0.1) is 38.7 Å². The van der Waals surface area contributed by atoms with E-state index in [1.807, 2.05) is 31.2 Å². The van der Waals surface area contributed by atoms with Gasteiger partial charge in [-0.25, -0.2) is 15.0 Å². The van der Waals surface area contributed by atoms with Crippen molar-refractivity contribution in [1.82, 2.24) is 16.1 Å². The van der Waals surface area contributed by atoms with Crippen LogP contribution in [0.25, 0.3) is 0 Å². The number of carbonyl (C=O) groups excluding carboxylic acids is 3. The van der Waals surface area contributed by atoms with Crippen LogP contribution < -0.4 is 35.0 Å². The Bertz CT molecular complexity index is 1600. The van der Waals surface area contributed by atoms with E-state index in [4.69, 9.17) is 23.7 Å². The van der Waals surface area contributed by atoms with Crippen molar-refractivity contribution in [2.75, 3.05) is 27.4 Å². The molecule has 236 valence electrons. The number of benzene rings is 3. The molecule has 0 fully saturated rings. The SMILES string of the molecule is CCOC(=O)C1=C(C)NC(=O)N[C@@H]1c1ccc(OCC(=O)N/N=C\c2ccc(OCc3ccc(C)cc3)c(OC)c2)c(OC)c1. The lowest BCUT2D eigenvalue weighted by Crippen LogP contribution is -2.45. The summed E-state index contributed by atoms with van der Waals surface area (Å²) in [4.78, 5) is 37.2. The first-order chi connectivity index (χ1) is 21.7. The second-order valence-corrected chi connectivity index (χ2v) is 9.97. The Morgan fingerprint density at radius 3 is 2.31 bits per heavy atom. The molecule has 0 spiro atoms. The van der Waals surface area contributed by atoms with Gasteiger partial charge in [-0.3, -0.25) is 4.79 Å². The number of allylic oxidation sites excluding steroid dienone is 1. The smallest absolute Gasteiger partial charge is 0.338 e. The van der Waals surface area contributed by atoms with Gasteiger partial charge >= 0.3 is 12.0 Å². The Morgan fingerprint density at radius 2 is 1.60 bits per heavy atom. The van der Waals surface area contributed by atoms with Crippen molar-refractivity contribution < 1.29 is 38.1 Å². The van der Waals surface area contributed by atoms with Crippen LogP contribution in [0.3, 0.4) is 0 Å². The fourth-order valence-electron chi connectivity index (χ4n) is 4.49. The second-order valence-electron chi connectivity index (χ2n) is 9.97. The molecule has 12 heteroatoms. The van der Waals surface area contributed by atoms with Crippen molar-refractivity contribution in [2.24, 2.45) is 5.10 Å². The molecule has 0 bridgehead atoms. The van der Waals surface area contributed by atoms with Gasteiger partial charge in [0.1, 0.15) is 6.61 Å². The highest BCUT2D eigenvalue weighted by molar-refractivity contribution is 5.95. The monoisotopic (exact) mass is 616 g/mol. The zero-order valence-electron chi connectivity index (χ0n) is 25.8. The van der Waals surface area contributed by atoms with Crippen LogP contribution in [0.5, 0.6) is 23.0 Å². The van der Waals surface area contributed by atoms with E-state index in [2.05, 4.69) is 21.2 Å². The molecule has 1 atom stereocenters. The maximum absolute atomic E-state index is 12.6. The highest BCUT2D eigenvalue weighted by Gasteiger charge is 2.32. The Hall–Kier alpha value is -5.52. The number of hydrazone groups is 1. The second kappa shape index (κ2) is 15.3. The van der Waals surface area contributed by atoms with Crippen LogP contribution in [0.1, 0.15) is 42.1 Å². The molecule has 0 aromatic heterocycles. The normalized spacial score (nSPS) is 14.3. The number of carbonyl (C=O) groups is 3. The van der Waals surface area contributed by atoms with Gasteiger partial charge in [0.25, 0.3) is 5.91 Å². The molecule has 12 nitrogen and oxygen atoms in total. The molecule has 1 aliphatic heterocycles. The van der Waals surface area contributed by atoms with Gasteiger partial charge in [-0.1, -0.05) is 35.9 Å². The lowest BCUT2D eigenvalue weighted by Gasteiger charge is -2.28. The minimum atomic E-state index is -0.772. The van der Waals surface area contributed by atoms with Crippen molar-refractivity contribution in [3.63, 3.8) is 0 Å². The van der Waals surface area contributed by atoms with Crippen LogP contribution in [0.15, 0.2) is 77.0 Å². The number of nitrogens with zero attached hydrogens (tertiary/aromatic N) is 1. The molecular formula is C33H36N4O8. The van der Waals surface area contributed by atoms with Crippen LogP contribution in [0.4, 0.5) is 4.79 Å². The predicted octanol–water partition coefficient (Wildman–Crippen LogP) is 4.31. The first-order valence-electron chi connectivity index (χ1n) is 14.2. The summed E-state index contributed by atoms with van der Waals surface area (Å²) in [5.41, 5.74) is 6.55. The number of esters is 1. The summed E-state index contributed by atoms with van der Waals surface area (Å²) >= 11 is 0. The minimum Gasteiger partial charge on any atom is -0.493 e. The molecule has 45 heavy (non-hydrogen) atoms. The topological polar surface area (TPSA) is 146 Å². The van der Waals surface area contributed by atoms with E-state index in [9.17, 15) is 14.4 Å². The fourth-order valence-corrected chi connectivity index (χ4v) is 4.49. The van der Waals surface area contributed by atoms with Crippen molar-refractivity contribution in [1.29, 1.82) is 0 Å². The van der Waals surface area contributed by atoms with Crippen molar-refractivity contribution in [3.05, 3.63) is 94.2 Å². The summed E-state index contributed by atoms with van der Waals surface area (Å²) in [6, 6.07) is 17.0. The molecule has 3 amide bonds. The first kappa shape index (κ1) is 32.4. The van der Waals surface area contributed by atoms with Crippen LogP contribution in [0, 0.1) is 6.92 Å². The van der Waals surface area contributed by atoms with Crippen LogP contribution in [0.2, 0.25) is 0 Å². The molecule has 3 aromatic rings. The van der Waals surface area contributed by atoms with Crippen LogP contribution >= 0.6 is 0 Å². The van der Waals surface area contributed by atoms with Crippen molar-refractivity contribution >= 4 is 24.1 Å². The molecule has 1 aliphatic rings. The quantitative estimate of drug-likeness (QED) is 0.146. The van der Waals surface area contributed by atoms with E-state index in [-0.39, 0.29) is 24.5 Å². The van der Waals surface area contributed by atoms with Gasteiger partial charge in [-0.2, -0.15) is 5.10 Å². The summed E-state index contributed by atoms with van der Waals surface area (Å²) in [7, 11) is 2.99. The molecule has 3 N–H and O–H groups in total. The van der Waals surface area contributed by atoms with E-state index in [0.717, 1.165) is 5.56 Å². The van der Waals surface area contributed by atoms with E-state index >= 15 is 0 Å². The highest BCUT2D eigenvalue weighted by Crippen LogP contribution is 2.34.